The Kier molecular flexibility index (Phi) is 5.94. The molecule has 0 spiro atoms. The zero-order valence-corrected chi connectivity index (χ0v) is 12.9. The van der Waals surface area contributed by atoms with Gasteiger partial charge in [-0.05, 0) is 36.6 Å². The van der Waals surface area contributed by atoms with Crippen LogP contribution in [0.15, 0.2) is 47.3 Å². The van der Waals surface area contributed by atoms with Crippen molar-refractivity contribution in [3.05, 3.63) is 54.0 Å². The highest BCUT2D eigenvalue weighted by Crippen LogP contribution is 2.15. The summed E-state index contributed by atoms with van der Waals surface area (Å²) in [6.07, 6.45) is 3.38. The molecule has 0 aliphatic rings. The monoisotopic (exact) mass is 316 g/mol. The van der Waals surface area contributed by atoms with Crippen LogP contribution in [0.1, 0.15) is 30.6 Å². The van der Waals surface area contributed by atoms with Crippen LogP contribution in [0.5, 0.6) is 0 Å². The molecule has 23 heavy (non-hydrogen) atoms. The van der Waals surface area contributed by atoms with E-state index in [1.165, 1.54) is 12.5 Å². The summed E-state index contributed by atoms with van der Waals surface area (Å²) in [6.45, 7) is 2.23. The Morgan fingerprint density at radius 1 is 1.17 bits per heavy atom. The van der Waals surface area contributed by atoms with Crippen molar-refractivity contribution < 1.29 is 19.1 Å². The lowest BCUT2D eigenvalue weighted by atomic mass is 10.1. The highest BCUT2D eigenvalue weighted by atomic mass is 16.3. The number of carbonyl (C=O) groups is 2. The van der Waals surface area contributed by atoms with Gasteiger partial charge in [0.1, 0.15) is 0 Å². The molecule has 122 valence electrons. The average Bonchev–Trinajstić information content (AvgIpc) is 3.10. The van der Waals surface area contributed by atoms with Crippen molar-refractivity contribution in [2.24, 2.45) is 0 Å². The Balaban J connectivity index is 1.75. The summed E-state index contributed by atoms with van der Waals surface area (Å²) in [7, 11) is 0. The SMILES string of the molecule is CCc1ccc(NC(=O)C(=O)NCCC(O)c2ccoc2)cc1. The van der Waals surface area contributed by atoms with Crippen molar-refractivity contribution in [3.63, 3.8) is 0 Å². The van der Waals surface area contributed by atoms with Crippen LogP contribution >= 0.6 is 0 Å². The molecule has 1 atom stereocenters. The third-order valence-corrected chi connectivity index (χ3v) is 3.46. The van der Waals surface area contributed by atoms with Crippen molar-refractivity contribution in [1.82, 2.24) is 5.32 Å². The van der Waals surface area contributed by atoms with Crippen molar-refractivity contribution in [3.8, 4) is 0 Å². The molecule has 0 bridgehead atoms. The second kappa shape index (κ2) is 8.14. The Labute approximate surface area is 134 Å². The number of aryl methyl sites for hydroxylation is 1. The quantitative estimate of drug-likeness (QED) is 0.711. The zero-order valence-electron chi connectivity index (χ0n) is 12.9. The number of amides is 2. The molecule has 6 nitrogen and oxygen atoms in total. The van der Waals surface area contributed by atoms with E-state index >= 15 is 0 Å². The van der Waals surface area contributed by atoms with Crippen LogP contribution in [0.2, 0.25) is 0 Å². The van der Waals surface area contributed by atoms with Crippen LogP contribution in [-0.4, -0.2) is 23.5 Å². The first kappa shape index (κ1) is 16.8. The van der Waals surface area contributed by atoms with Gasteiger partial charge in [-0.3, -0.25) is 9.59 Å². The largest absolute Gasteiger partial charge is 0.472 e. The van der Waals surface area contributed by atoms with Gasteiger partial charge in [0.15, 0.2) is 0 Å². The van der Waals surface area contributed by atoms with Crippen LogP contribution in [0.25, 0.3) is 0 Å². The van der Waals surface area contributed by atoms with Gasteiger partial charge in [-0.15, -0.1) is 0 Å². The van der Waals surface area contributed by atoms with E-state index in [9.17, 15) is 14.7 Å². The molecule has 0 aliphatic carbocycles. The number of nitrogens with one attached hydrogen (secondary N) is 2. The molecular weight excluding hydrogens is 296 g/mol. The number of hydrogen-bond donors (Lipinski definition) is 3. The molecule has 1 aromatic heterocycles. The van der Waals surface area contributed by atoms with E-state index in [1.807, 2.05) is 19.1 Å². The Morgan fingerprint density at radius 2 is 1.91 bits per heavy atom. The fourth-order valence-electron chi connectivity index (χ4n) is 2.05. The first-order valence-corrected chi connectivity index (χ1v) is 7.48. The Hall–Kier alpha value is -2.60. The molecule has 3 N–H and O–H groups in total. The number of carbonyl (C=O) groups excluding carboxylic acids is 2. The van der Waals surface area contributed by atoms with Crippen molar-refractivity contribution in [2.45, 2.75) is 25.9 Å². The predicted octanol–water partition coefficient (Wildman–Crippen LogP) is 2.02. The second-order valence-electron chi connectivity index (χ2n) is 5.12. The van der Waals surface area contributed by atoms with E-state index in [-0.39, 0.29) is 6.54 Å². The van der Waals surface area contributed by atoms with Gasteiger partial charge in [-0.2, -0.15) is 0 Å². The Morgan fingerprint density at radius 3 is 2.52 bits per heavy atom. The van der Waals surface area contributed by atoms with Gasteiger partial charge in [0.25, 0.3) is 0 Å². The first-order chi connectivity index (χ1) is 11.1. The van der Waals surface area contributed by atoms with Gasteiger partial charge in [-0.1, -0.05) is 19.1 Å². The number of aliphatic hydroxyl groups excluding tert-OH is 1. The van der Waals surface area contributed by atoms with E-state index in [0.29, 0.717) is 17.7 Å². The molecule has 2 amide bonds. The standard InChI is InChI=1S/C17H20N2O4/c1-2-12-3-5-14(6-4-12)19-17(22)16(21)18-9-7-15(20)13-8-10-23-11-13/h3-6,8,10-11,15,20H,2,7,9H2,1H3,(H,18,21)(H,19,22). The molecule has 0 fully saturated rings. The van der Waals surface area contributed by atoms with Crippen molar-refractivity contribution in [1.29, 1.82) is 0 Å². The highest BCUT2D eigenvalue weighted by Gasteiger charge is 2.14. The first-order valence-electron chi connectivity index (χ1n) is 7.48. The number of furan rings is 1. The van der Waals surface area contributed by atoms with Gasteiger partial charge in [0.05, 0.1) is 18.6 Å². The molecule has 0 radical (unpaired) electrons. The molecular formula is C17H20N2O4. The van der Waals surface area contributed by atoms with Crippen LogP contribution in [0.3, 0.4) is 0 Å². The summed E-state index contributed by atoms with van der Waals surface area (Å²) in [5.74, 6) is -1.46. The van der Waals surface area contributed by atoms with Gasteiger partial charge < -0.3 is 20.2 Å². The highest BCUT2D eigenvalue weighted by molar-refractivity contribution is 6.39. The predicted molar refractivity (Wildman–Crippen MR) is 85.7 cm³/mol. The minimum absolute atomic E-state index is 0.188. The van der Waals surface area contributed by atoms with Gasteiger partial charge in [0.2, 0.25) is 0 Å². The molecule has 1 heterocycles. The van der Waals surface area contributed by atoms with Gasteiger partial charge in [0, 0.05) is 17.8 Å². The topological polar surface area (TPSA) is 91.6 Å². The number of rotatable bonds is 6. The summed E-state index contributed by atoms with van der Waals surface area (Å²) < 4.78 is 4.87. The summed E-state index contributed by atoms with van der Waals surface area (Å²) in [5, 5.41) is 14.8. The number of benzene rings is 1. The minimum atomic E-state index is -0.737. The Bertz CT molecular complexity index is 635. The third-order valence-electron chi connectivity index (χ3n) is 3.46. The van der Waals surface area contributed by atoms with Crippen LogP contribution in [0, 0.1) is 0 Å². The van der Waals surface area contributed by atoms with E-state index < -0.39 is 17.9 Å². The van der Waals surface area contributed by atoms with E-state index in [4.69, 9.17) is 4.42 Å². The van der Waals surface area contributed by atoms with E-state index in [2.05, 4.69) is 10.6 Å². The second-order valence-corrected chi connectivity index (χ2v) is 5.12. The molecule has 1 unspecified atom stereocenters. The smallest absolute Gasteiger partial charge is 0.313 e. The molecule has 6 heteroatoms. The lowest BCUT2D eigenvalue weighted by Crippen LogP contribution is -2.36. The summed E-state index contributed by atoms with van der Waals surface area (Å²) in [4.78, 5) is 23.5. The molecule has 2 rings (SSSR count). The average molecular weight is 316 g/mol. The van der Waals surface area contributed by atoms with Crippen molar-refractivity contribution >= 4 is 17.5 Å². The molecule has 1 aromatic carbocycles. The molecule has 0 saturated carbocycles. The number of anilines is 1. The minimum Gasteiger partial charge on any atom is -0.472 e. The van der Waals surface area contributed by atoms with E-state index in [0.717, 1.165) is 12.0 Å². The lowest BCUT2D eigenvalue weighted by molar-refractivity contribution is -0.136. The third kappa shape index (κ3) is 4.96. The maximum Gasteiger partial charge on any atom is 0.313 e. The number of hydrogen-bond acceptors (Lipinski definition) is 4. The van der Waals surface area contributed by atoms with Crippen molar-refractivity contribution in [2.75, 3.05) is 11.9 Å². The zero-order chi connectivity index (χ0) is 16.7. The summed E-state index contributed by atoms with van der Waals surface area (Å²) in [6, 6.07) is 8.96. The summed E-state index contributed by atoms with van der Waals surface area (Å²) >= 11 is 0. The molecule has 0 saturated heterocycles. The van der Waals surface area contributed by atoms with Gasteiger partial charge in [-0.25, -0.2) is 0 Å². The normalized spacial score (nSPS) is 11.7. The van der Waals surface area contributed by atoms with Crippen LogP contribution in [-0.2, 0) is 16.0 Å². The molecule has 0 aliphatic heterocycles. The maximum atomic E-state index is 11.8. The maximum absolute atomic E-state index is 11.8. The van der Waals surface area contributed by atoms with Gasteiger partial charge >= 0.3 is 11.8 Å². The fraction of sp³-hybridized carbons (Fsp3) is 0.294. The lowest BCUT2D eigenvalue weighted by Gasteiger charge is -2.10. The molecule has 2 aromatic rings. The van der Waals surface area contributed by atoms with Crippen LogP contribution in [0.4, 0.5) is 5.69 Å². The summed E-state index contributed by atoms with van der Waals surface area (Å²) in [5.41, 5.74) is 2.36. The fourth-order valence-corrected chi connectivity index (χ4v) is 2.05. The van der Waals surface area contributed by atoms with Crippen LogP contribution < -0.4 is 10.6 Å². The number of aliphatic hydroxyl groups is 1. The van der Waals surface area contributed by atoms with E-state index in [1.54, 1.807) is 18.2 Å².